The number of benzene rings is 1. The minimum absolute atomic E-state index is 0.159. The number of hydrogen-bond acceptors (Lipinski definition) is 5. The number of aromatic nitrogens is 2. The number of nitrogen functional groups attached to an aromatic ring is 1. The molecule has 0 aliphatic carbocycles. The second kappa shape index (κ2) is 5.81. The van der Waals surface area contributed by atoms with Gasteiger partial charge in [0.25, 0.3) is 0 Å². The molecule has 1 aromatic carbocycles. The maximum absolute atomic E-state index is 13.2. The molecule has 2 aromatic rings. The number of anilines is 2. The Kier molecular flexibility index (Phi) is 4.13. The summed E-state index contributed by atoms with van der Waals surface area (Å²) in [6.45, 7) is 1.88. The second-order valence-electron chi connectivity index (χ2n) is 3.96. The van der Waals surface area contributed by atoms with Crippen LogP contribution in [0.25, 0.3) is 0 Å². The van der Waals surface area contributed by atoms with Crippen LogP contribution in [0, 0.1) is 5.82 Å². The molecule has 5 nitrogen and oxygen atoms in total. The van der Waals surface area contributed by atoms with Crippen molar-refractivity contribution < 1.29 is 4.39 Å². The fraction of sp³-hybridized carbons (Fsp3) is 0.167. The van der Waals surface area contributed by atoms with Crippen LogP contribution in [0.5, 0.6) is 0 Å². The van der Waals surface area contributed by atoms with E-state index in [2.05, 4.69) is 20.7 Å². The van der Waals surface area contributed by atoms with E-state index in [1.54, 1.807) is 6.07 Å². The standard InChI is InChI=1S/C12H13ClFN5/c1-7(8-3-2-4-9(14)5-8)17-11-10(13)6-16-12(18-11)19-15/h2-7H,15H2,1H3,(H2,16,17,18,19). The van der Waals surface area contributed by atoms with Gasteiger partial charge in [-0.3, -0.25) is 5.43 Å². The molecule has 4 N–H and O–H groups in total. The Morgan fingerprint density at radius 1 is 1.42 bits per heavy atom. The predicted octanol–water partition coefficient (Wildman–Crippen LogP) is 2.73. The van der Waals surface area contributed by atoms with Gasteiger partial charge in [0.1, 0.15) is 10.8 Å². The predicted molar refractivity (Wildman–Crippen MR) is 73.3 cm³/mol. The van der Waals surface area contributed by atoms with Gasteiger partial charge in [-0.05, 0) is 24.6 Å². The minimum atomic E-state index is -0.288. The highest BCUT2D eigenvalue weighted by atomic mass is 35.5. The number of halogens is 2. The lowest BCUT2D eigenvalue weighted by Gasteiger charge is -2.16. The highest BCUT2D eigenvalue weighted by Crippen LogP contribution is 2.24. The number of rotatable bonds is 4. The van der Waals surface area contributed by atoms with Crippen molar-refractivity contribution in [2.45, 2.75) is 13.0 Å². The van der Waals surface area contributed by atoms with Crippen LogP contribution < -0.4 is 16.6 Å². The van der Waals surface area contributed by atoms with Gasteiger partial charge in [-0.15, -0.1) is 0 Å². The van der Waals surface area contributed by atoms with Gasteiger partial charge in [-0.1, -0.05) is 23.7 Å². The van der Waals surface area contributed by atoms with Gasteiger partial charge in [0.05, 0.1) is 12.2 Å². The van der Waals surface area contributed by atoms with Crippen molar-refractivity contribution in [3.05, 3.63) is 46.9 Å². The number of nitrogens with zero attached hydrogens (tertiary/aromatic N) is 2. The molecule has 0 spiro atoms. The fourth-order valence-corrected chi connectivity index (χ4v) is 1.75. The van der Waals surface area contributed by atoms with Crippen LogP contribution >= 0.6 is 11.6 Å². The molecule has 7 heteroatoms. The molecule has 1 aromatic heterocycles. The highest BCUT2D eigenvalue weighted by molar-refractivity contribution is 6.32. The second-order valence-corrected chi connectivity index (χ2v) is 4.36. The van der Waals surface area contributed by atoms with Crippen LogP contribution in [-0.2, 0) is 0 Å². The van der Waals surface area contributed by atoms with Crippen molar-refractivity contribution in [2.75, 3.05) is 10.7 Å². The summed E-state index contributed by atoms with van der Waals surface area (Å²) in [7, 11) is 0. The number of hydrogen-bond donors (Lipinski definition) is 3. The molecule has 0 aliphatic heterocycles. The minimum Gasteiger partial charge on any atom is -0.362 e. The zero-order valence-electron chi connectivity index (χ0n) is 10.2. The van der Waals surface area contributed by atoms with Gasteiger partial charge in [0.2, 0.25) is 5.95 Å². The molecule has 1 unspecified atom stereocenters. The molecule has 1 heterocycles. The van der Waals surface area contributed by atoms with Crippen molar-refractivity contribution in [1.29, 1.82) is 0 Å². The smallest absolute Gasteiger partial charge is 0.239 e. The first-order valence-electron chi connectivity index (χ1n) is 5.61. The number of hydrazine groups is 1. The van der Waals surface area contributed by atoms with Gasteiger partial charge in [-0.2, -0.15) is 4.98 Å². The summed E-state index contributed by atoms with van der Waals surface area (Å²) >= 11 is 5.99. The summed E-state index contributed by atoms with van der Waals surface area (Å²) in [5, 5.41) is 3.45. The first kappa shape index (κ1) is 13.5. The Balaban J connectivity index is 2.21. The zero-order valence-corrected chi connectivity index (χ0v) is 10.9. The Labute approximate surface area is 115 Å². The lowest BCUT2D eigenvalue weighted by atomic mass is 10.1. The van der Waals surface area contributed by atoms with E-state index in [0.29, 0.717) is 10.8 Å². The average molecular weight is 282 g/mol. The first-order valence-corrected chi connectivity index (χ1v) is 5.99. The third-order valence-electron chi connectivity index (χ3n) is 2.58. The largest absolute Gasteiger partial charge is 0.362 e. The van der Waals surface area contributed by atoms with Crippen LogP contribution in [0.2, 0.25) is 5.02 Å². The highest BCUT2D eigenvalue weighted by Gasteiger charge is 2.10. The SMILES string of the molecule is CC(Nc1nc(NN)ncc1Cl)c1cccc(F)c1. The van der Waals surface area contributed by atoms with E-state index in [1.807, 2.05) is 13.0 Å². The molecule has 0 fully saturated rings. The van der Waals surface area contributed by atoms with E-state index in [-0.39, 0.29) is 17.8 Å². The summed E-state index contributed by atoms with van der Waals surface area (Å²) in [5.41, 5.74) is 3.12. The summed E-state index contributed by atoms with van der Waals surface area (Å²) in [5.74, 6) is 5.63. The Morgan fingerprint density at radius 2 is 2.21 bits per heavy atom. The third-order valence-corrected chi connectivity index (χ3v) is 2.85. The van der Waals surface area contributed by atoms with Gasteiger partial charge in [0, 0.05) is 0 Å². The summed E-state index contributed by atoms with van der Waals surface area (Å²) < 4.78 is 13.2. The zero-order chi connectivity index (χ0) is 13.8. The quantitative estimate of drug-likeness (QED) is 0.593. The van der Waals surface area contributed by atoms with Crippen molar-refractivity contribution >= 4 is 23.4 Å². The molecule has 1 atom stereocenters. The van der Waals surface area contributed by atoms with E-state index >= 15 is 0 Å². The van der Waals surface area contributed by atoms with Gasteiger partial charge < -0.3 is 5.32 Å². The Bertz CT molecular complexity index is 578. The monoisotopic (exact) mass is 281 g/mol. The van der Waals surface area contributed by atoms with Crippen LogP contribution in [0.15, 0.2) is 30.5 Å². The molecular formula is C12H13ClFN5. The first-order chi connectivity index (χ1) is 9.10. The third kappa shape index (κ3) is 3.30. The molecule has 2 rings (SSSR count). The summed E-state index contributed by atoms with van der Waals surface area (Å²) in [4.78, 5) is 7.97. The molecule has 0 saturated heterocycles. The van der Waals surface area contributed by atoms with Crippen LogP contribution in [0.1, 0.15) is 18.5 Å². The van der Waals surface area contributed by atoms with Crippen molar-refractivity contribution in [3.63, 3.8) is 0 Å². The van der Waals surface area contributed by atoms with E-state index in [1.165, 1.54) is 18.3 Å². The van der Waals surface area contributed by atoms with Crippen molar-refractivity contribution in [3.8, 4) is 0 Å². The lowest BCUT2D eigenvalue weighted by Crippen LogP contribution is -2.13. The van der Waals surface area contributed by atoms with Crippen LogP contribution in [0.3, 0.4) is 0 Å². The van der Waals surface area contributed by atoms with Crippen molar-refractivity contribution in [1.82, 2.24) is 9.97 Å². The summed E-state index contributed by atoms with van der Waals surface area (Å²) in [6, 6.07) is 6.16. The maximum Gasteiger partial charge on any atom is 0.239 e. The molecule has 100 valence electrons. The lowest BCUT2D eigenvalue weighted by molar-refractivity contribution is 0.623. The van der Waals surface area contributed by atoms with Gasteiger partial charge >= 0.3 is 0 Å². The average Bonchev–Trinajstić information content (AvgIpc) is 2.41. The normalized spacial score (nSPS) is 12.0. The van der Waals surface area contributed by atoms with E-state index in [4.69, 9.17) is 17.4 Å². The van der Waals surface area contributed by atoms with E-state index < -0.39 is 0 Å². The maximum atomic E-state index is 13.2. The van der Waals surface area contributed by atoms with E-state index in [9.17, 15) is 4.39 Å². The van der Waals surface area contributed by atoms with Crippen LogP contribution in [-0.4, -0.2) is 9.97 Å². The molecule has 0 saturated carbocycles. The fourth-order valence-electron chi connectivity index (χ4n) is 1.60. The Morgan fingerprint density at radius 3 is 2.89 bits per heavy atom. The number of nitrogens with two attached hydrogens (primary N) is 1. The molecule has 0 radical (unpaired) electrons. The van der Waals surface area contributed by atoms with Crippen LogP contribution in [0.4, 0.5) is 16.2 Å². The molecule has 0 bridgehead atoms. The Hall–Kier alpha value is -1.92. The molecule has 19 heavy (non-hydrogen) atoms. The molecular weight excluding hydrogens is 269 g/mol. The topological polar surface area (TPSA) is 75.9 Å². The van der Waals surface area contributed by atoms with E-state index in [0.717, 1.165) is 5.56 Å². The number of nitrogens with one attached hydrogen (secondary N) is 2. The summed E-state index contributed by atoms with van der Waals surface area (Å²) in [6.07, 6.45) is 1.43. The molecule has 0 aliphatic rings. The van der Waals surface area contributed by atoms with Gasteiger partial charge in [0.15, 0.2) is 5.82 Å². The van der Waals surface area contributed by atoms with Gasteiger partial charge in [-0.25, -0.2) is 15.2 Å². The van der Waals surface area contributed by atoms with Crippen molar-refractivity contribution in [2.24, 2.45) is 5.84 Å². The molecule has 0 amide bonds.